The number of rotatable bonds is 6. The third-order valence-corrected chi connectivity index (χ3v) is 2.65. The highest BCUT2D eigenvalue weighted by Crippen LogP contribution is 2.04. The van der Waals surface area contributed by atoms with Crippen molar-refractivity contribution in [2.24, 2.45) is 5.73 Å². The van der Waals surface area contributed by atoms with Crippen LogP contribution in [-0.2, 0) is 16.0 Å². The zero-order chi connectivity index (χ0) is 13.5. The maximum Gasteiger partial charge on any atom is 0.325 e. The Balaban J connectivity index is 2.39. The average molecular weight is 250 g/mol. The summed E-state index contributed by atoms with van der Waals surface area (Å²) in [6.45, 7) is 1.41. The summed E-state index contributed by atoms with van der Waals surface area (Å²) in [7, 11) is 0. The maximum atomic E-state index is 11.6. The third kappa shape index (κ3) is 4.55. The first-order valence-electron chi connectivity index (χ1n) is 5.83. The fourth-order valence-electron chi connectivity index (χ4n) is 1.48. The van der Waals surface area contributed by atoms with Crippen LogP contribution in [0.4, 0.5) is 0 Å². The van der Waals surface area contributed by atoms with Gasteiger partial charge in [-0.05, 0) is 25.3 Å². The van der Waals surface area contributed by atoms with Gasteiger partial charge in [0.25, 0.3) is 0 Å². The Morgan fingerprint density at radius 2 is 1.94 bits per heavy atom. The van der Waals surface area contributed by atoms with E-state index < -0.39 is 24.0 Å². The molecule has 5 heteroatoms. The van der Waals surface area contributed by atoms with Gasteiger partial charge in [-0.1, -0.05) is 30.3 Å². The van der Waals surface area contributed by atoms with E-state index in [2.05, 4.69) is 5.32 Å². The van der Waals surface area contributed by atoms with Crippen LogP contribution in [0.5, 0.6) is 0 Å². The van der Waals surface area contributed by atoms with Gasteiger partial charge in [-0.2, -0.15) is 0 Å². The van der Waals surface area contributed by atoms with Crippen LogP contribution in [0.25, 0.3) is 0 Å². The summed E-state index contributed by atoms with van der Waals surface area (Å²) in [5.41, 5.74) is 6.81. The molecule has 0 bridgehead atoms. The highest BCUT2D eigenvalue weighted by atomic mass is 16.4. The molecule has 98 valence electrons. The molecule has 0 aliphatic rings. The molecular formula is C13H18N2O3. The van der Waals surface area contributed by atoms with E-state index in [1.54, 1.807) is 0 Å². The van der Waals surface area contributed by atoms with Gasteiger partial charge < -0.3 is 16.2 Å². The van der Waals surface area contributed by atoms with Crippen molar-refractivity contribution >= 4 is 11.9 Å². The third-order valence-electron chi connectivity index (χ3n) is 2.65. The molecule has 0 radical (unpaired) electrons. The lowest BCUT2D eigenvalue weighted by Crippen LogP contribution is -2.47. The van der Waals surface area contributed by atoms with Gasteiger partial charge >= 0.3 is 5.97 Å². The van der Waals surface area contributed by atoms with E-state index in [1.165, 1.54) is 6.92 Å². The molecule has 0 saturated carbocycles. The van der Waals surface area contributed by atoms with Crippen LogP contribution in [0.15, 0.2) is 30.3 Å². The number of hydrogen-bond donors (Lipinski definition) is 3. The van der Waals surface area contributed by atoms with Gasteiger partial charge in [-0.3, -0.25) is 9.59 Å². The second kappa shape index (κ2) is 6.76. The molecule has 2 unspecified atom stereocenters. The van der Waals surface area contributed by atoms with Crippen molar-refractivity contribution < 1.29 is 14.7 Å². The van der Waals surface area contributed by atoms with Crippen LogP contribution in [0.2, 0.25) is 0 Å². The molecular weight excluding hydrogens is 232 g/mol. The number of amides is 1. The van der Waals surface area contributed by atoms with Crippen molar-refractivity contribution in [1.82, 2.24) is 5.32 Å². The van der Waals surface area contributed by atoms with Crippen LogP contribution in [0.3, 0.4) is 0 Å². The molecule has 1 amide bonds. The molecule has 0 spiro atoms. The Hall–Kier alpha value is -1.88. The number of aryl methyl sites for hydroxylation is 1. The summed E-state index contributed by atoms with van der Waals surface area (Å²) < 4.78 is 0. The normalized spacial score (nSPS) is 13.7. The predicted molar refractivity (Wildman–Crippen MR) is 68.0 cm³/mol. The lowest BCUT2D eigenvalue weighted by atomic mass is 10.1. The van der Waals surface area contributed by atoms with Crippen molar-refractivity contribution in [2.45, 2.75) is 31.8 Å². The topological polar surface area (TPSA) is 92.4 Å². The van der Waals surface area contributed by atoms with E-state index in [4.69, 9.17) is 10.8 Å². The summed E-state index contributed by atoms with van der Waals surface area (Å²) in [6.07, 6.45) is 1.18. The van der Waals surface area contributed by atoms with Gasteiger partial charge in [-0.25, -0.2) is 0 Å². The van der Waals surface area contributed by atoms with E-state index in [-0.39, 0.29) is 0 Å². The van der Waals surface area contributed by atoms with Crippen molar-refractivity contribution in [1.29, 1.82) is 0 Å². The number of nitrogens with two attached hydrogens (primary N) is 1. The van der Waals surface area contributed by atoms with E-state index in [1.807, 2.05) is 30.3 Å². The highest BCUT2D eigenvalue weighted by molar-refractivity contribution is 5.86. The number of carboxylic acid groups (broad SMARTS) is 1. The Labute approximate surface area is 106 Å². The molecule has 2 atom stereocenters. The van der Waals surface area contributed by atoms with Gasteiger partial charge in [0.2, 0.25) is 5.91 Å². The van der Waals surface area contributed by atoms with E-state index in [0.717, 1.165) is 5.56 Å². The average Bonchev–Trinajstić information content (AvgIpc) is 2.36. The number of carboxylic acids is 1. The van der Waals surface area contributed by atoms with Gasteiger partial charge in [-0.15, -0.1) is 0 Å². The largest absolute Gasteiger partial charge is 0.480 e. The molecule has 1 aromatic rings. The molecule has 0 aromatic heterocycles. The SMILES string of the molecule is CC(NC(=O)C(N)CCc1ccccc1)C(=O)O. The summed E-state index contributed by atoms with van der Waals surface area (Å²) in [4.78, 5) is 22.2. The Kier molecular flexibility index (Phi) is 5.32. The molecule has 1 rings (SSSR count). The molecule has 0 aliphatic carbocycles. The fraction of sp³-hybridized carbons (Fsp3) is 0.385. The Morgan fingerprint density at radius 1 is 1.33 bits per heavy atom. The lowest BCUT2D eigenvalue weighted by Gasteiger charge is -2.14. The van der Waals surface area contributed by atoms with E-state index in [0.29, 0.717) is 12.8 Å². The van der Waals surface area contributed by atoms with Crippen LogP contribution in [-0.4, -0.2) is 29.1 Å². The quantitative estimate of drug-likeness (QED) is 0.687. The number of aliphatic carboxylic acids is 1. The minimum atomic E-state index is -1.07. The standard InChI is InChI=1S/C13H18N2O3/c1-9(13(17)18)15-12(16)11(14)8-7-10-5-3-2-4-6-10/h2-6,9,11H,7-8,14H2,1H3,(H,15,16)(H,17,18). The van der Waals surface area contributed by atoms with Crippen LogP contribution in [0, 0.1) is 0 Å². The second-order valence-electron chi connectivity index (χ2n) is 4.20. The molecule has 0 saturated heterocycles. The maximum absolute atomic E-state index is 11.6. The van der Waals surface area contributed by atoms with Crippen molar-refractivity contribution in [3.05, 3.63) is 35.9 Å². The van der Waals surface area contributed by atoms with Crippen LogP contribution >= 0.6 is 0 Å². The smallest absolute Gasteiger partial charge is 0.325 e. The molecule has 4 N–H and O–H groups in total. The van der Waals surface area contributed by atoms with Crippen molar-refractivity contribution in [3.8, 4) is 0 Å². The van der Waals surface area contributed by atoms with Gasteiger partial charge in [0.1, 0.15) is 6.04 Å². The first-order valence-corrected chi connectivity index (χ1v) is 5.83. The van der Waals surface area contributed by atoms with Crippen molar-refractivity contribution in [2.75, 3.05) is 0 Å². The molecule has 0 fully saturated rings. The first-order chi connectivity index (χ1) is 8.50. The molecule has 0 aliphatic heterocycles. The van der Waals surface area contributed by atoms with Gasteiger partial charge in [0.15, 0.2) is 0 Å². The van der Waals surface area contributed by atoms with Gasteiger partial charge in [0, 0.05) is 0 Å². The zero-order valence-electron chi connectivity index (χ0n) is 10.3. The molecule has 5 nitrogen and oxygen atoms in total. The number of hydrogen-bond acceptors (Lipinski definition) is 3. The first kappa shape index (κ1) is 14.2. The predicted octanol–water partition coefficient (Wildman–Crippen LogP) is 0.536. The van der Waals surface area contributed by atoms with E-state index in [9.17, 15) is 9.59 Å². The van der Waals surface area contributed by atoms with Gasteiger partial charge in [0.05, 0.1) is 6.04 Å². The van der Waals surface area contributed by atoms with Crippen molar-refractivity contribution in [3.63, 3.8) is 0 Å². The number of nitrogens with one attached hydrogen (secondary N) is 1. The summed E-state index contributed by atoms with van der Waals surface area (Å²) in [5, 5.41) is 11.0. The minimum absolute atomic E-state index is 0.430. The van der Waals surface area contributed by atoms with E-state index >= 15 is 0 Å². The second-order valence-corrected chi connectivity index (χ2v) is 4.20. The summed E-state index contributed by atoms with van der Waals surface area (Å²) in [5.74, 6) is -1.50. The number of carbonyl (C=O) groups excluding carboxylic acids is 1. The fourth-order valence-corrected chi connectivity index (χ4v) is 1.48. The minimum Gasteiger partial charge on any atom is -0.480 e. The highest BCUT2D eigenvalue weighted by Gasteiger charge is 2.18. The lowest BCUT2D eigenvalue weighted by molar-refractivity contribution is -0.141. The molecule has 0 heterocycles. The number of carbonyl (C=O) groups is 2. The molecule has 1 aromatic carbocycles. The summed E-state index contributed by atoms with van der Waals surface area (Å²) in [6, 6.07) is 8.09. The Bertz CT molecular complexity index is 406. The van der Waals surface area contributed by atoms with Crippen LogP contribution in [0.1, 0.15) is 18.9 Å². The number of benzene rings is 1. The monoisotopic (exact) mass is 250 g/mol. The van der Waals surface area contributed by atoms with Crippen LogP contribution < -0.4 is 11.1 Å². The molecule has 18 heavy (non-hydrogen) atoms. The Morgan fingerprint density at radius 3 is 2.50 bits per heavy atom. The zero-order valence-corrected chi connectivity index (χ0v) is 10.3. The summed E-state index contributed by atoms with van der Waals surface area (Å²) >= 11 is 0.